The highest BCUT2D eigenvalue weighted by Crippen LogP contribution is 2.58. The second-order valence-corrected chi connectivity index (χ2v) is 17.1. The number of fused-ring (bicyclic) bond motifs is 8. The van der Waals surface area contributed by atoms with Crippen molar-refractivity contribution in [1.29, 1.82) is 0 Å². The molecule has 296 valence electrons. The summed E-state index contributed by atoms with van der Waals surface area (Å²) in [6.45, 7) is 4.65. The first-order valence-corrected chi connectivity index (χ1v) is 21.1. The highest BCUT2D eigenvalue weighted by atomic mass is 19.1. The van der Waals surface area contributed by atoms with Crippen LogP contribution in [0.15, 0.2) is 205 Å². The maximum atomic E-state index is 15.3. The number of hydrogen-bond donors (Lipinski definition) is 0. The summed E-state index contributed by atoms with van der Waals surface area (Å²) in [4.78, 5) is 2.42. The van der Waals surface area contributed by atoms with Crippen molar-refractivity contribution in [2.75, 3.05) is 4.90 Å². The Bertz CT molecular complexity index is 3350. The summed E-state index contributed by atoms with van der Waals surface area (Å²) in [5.74, 6) is -0.666. The second kappa shape index (κ2) is 13.5. The van der Waals surface area contributed by atoms with Gasteiger partial charge in [-0.15, -0.1) is 0 Å². The van der Waals surface area contributed by atoms with Gasteiger partial charge in [-0.2, -0.15) is 0 Å². The third-order valence-electron chi connectivity index (χ3n) is 13.5. The SMILES string of the molecule is CC1(C)c2ccccc2N(c2ccc(-c3ccc(C4(c5ccccc5)c5cc(F)ccc5-c5ccc(F)cc54)cc3)c3oc4ccccc4c23)c2ccc(-c3ccccc3)cc21. The van der Waals surface area contributed by atoms with Crippen LogP contribution in [0.5, 0.6) is 0 Å². The molecular formula is C58H39F2NO. The van der Waals surface area contributed by atoms with Crippen LogP contribution >= 0.6 is 0 Å². The minimum Gasteiger partial charge on any atom is -0.455 e. The van der Waals surface area contributed by atoms with Gasteiger partial charge in [-0.25, -0.2) is 8.78 Å². The van der Waals surface area contributed by atoms with E-state index in [0.29, 0.717) is 0 Å². The smallest absolute Gasteiger partial charge is 0.145 e. The quantitative estimate of drug-likeness (QED) is 0.172. The van der Waals surface area contributed by atoms with Crippen LogP contribution in [0, 0.1) is 11.6 Å². The molecule has 0 unspecified atom stereocenters. The number of rotatable bonds is 5. The van der Waals surface area contributed by atoms with Gasteiger partial charge in [-0.3, -0.25) is 0 Å². The normalized spacial score (nSPS) is 14.4. The molecule has 1 aromatic heterocycles. The molecule has 0 atom stereocenters. The van der Waals surface area contributed by atoms with Crippen LogP contribution in [0.2, 0.25) is 0 Å². The van der Waals surface area contributed by atoms with Crippen LogP contribution in [-0.2, 0) is 10.8 Å². The molecule has 0 bridgehead atoms. The van der Waals surface area contributed by atoms with E-state index in [1.807, 2.05) is 42.5 Å². The zero-order chi connectivity index (χ0) is 41.7. The van der Waals surface area contributed by atoms with Gasteiger partial charge in [0.05, 0.1) is 27.9 Å². The fraction of sp³-hybridized carbons (Fsp3) is 0.0690. The Balaban J connectivity index is 1.06. The number of halogens is 2. The Kier molecular flexibility index (Phi) is 7.89. The molecule has 0 radical (unpaired) electrons. The van der Waals surface area contributed by atoms with Crippen molar-refractivity contribution in [1.82, 2.24) is 0 Å². The average Bonchev–Trinajstić information content (AvgIpc) is 3.84. The van der Waals surface area contributed by atoms with E-state index in [-0.39, 0.29) is 17.0 Å². The van der Waals surface area contributed by atoms with E-state index in [0.717, 1.165) is 83.5 Å². The fourth-order valence-electron chi connectivity index (χ4n) is 10.6. The Morgan fingerprint density at radius 2 is 0.984 bits per heavy atom. The van der Waals surface area contributed by atoms with Crippen LogP contribution in [-0.4, -0.2) is 0 Å². The Morgan fingerprint density at radius 1 is 0.419 bits per heavy atom. The van der Waals surface area contributed by atoms with Gasteiger partial charge in [0.2, 0.25) is 0 Å². The Morgan fingerprint density at radius 3 is 1.71 bits per heavy atom. The van der Waals surface area contributed by atoms with Crippen molar-refractivity contribution in [3.63, 3.8) is 0 Å². The molecule has 1 aliphatic carbocycles. The first kappa shape index (κ1) is 36.3. The van der Waals surface area contributed by atoms with Crippen molar-refractivity contribution in [2.24, 2.45) is 0 Å². The molecule has 0 amide bonds. The van der Waals surface area contributed by atoms with Gasteiger partial charge in [0.25, 0.3) is 0 Å². The fourth-order valence-corrected chi connectivity index (χ4v) is 10.6. The zero-order valence-corrected chi connectivity index (χ0v) is 34.2. The highest BCUT2D eigenvalue weighted by Gasteiger charge is 2.47. The van der Waals surface area contributed by atoms with Gasteiger partial charge >= 0.3 is 0 Å². The first-order valence-electron chi connectivity index (χ1n) is 21.1. The molecule has 2 aliphatic rings. The lowest BCUT2D eigenvalue weighted by Gasteiger charge is -2.42. The third kappa shape index (κ3) is 5.13. The van der Waals surface area contributed by atoms with Crippen molar-refractivity contribution < 1.29 is 13.2 Å². The molecule has 2 nitrogen and oxygen atoms in total. The van der Waals surface area contributed by atoms with Crippen molar-refractivity contribution in [3.8, 4) is 33.4 Å². The van der Waals surface area contributed by atoms with E-state index in [9.17, 15) is 0 Å². The van der Waals surface area contributed by atoms with E-state index in [1.54, 1.807) is 12.1 Å². The van der Waals surface area contributed by atoms with Gasteiger partial charge in [-0.05, 0) is 122 Å². The molecule has 1 aliphatic heterocycles. The number of anilines is 3. The minimum atomic E-state index is -0.948. The monoisotopic (exact) mass is 803 g/mol. The molecule has 10 aromatic rings. The lowest BCUT2D eigenvalue weighted by molar-refractivity contribution is 0.616. The Hall–Kier alpha value is -7.56. The molecule has 0 spiro atoms. The number of furan rings is 1. The van der Waals surface area contributed by atoms with Gasteiger partial charge in [0.1, 0.15) is 22.8 Å². The van der Waals surface area contributed by atoms with Gasteiger partial charge in [0.15, 0.2) is 0 Å². The predicted octanol–water partition coefficient (Wildman–Crippen LogP) is 15.7. The molecule has 0 saturated carbocycles. The summed E-state index contributed by atoms with van der Waals surface area (Å²) in [6.07, 6.45) is 0. The number of benzene rings is 9. The molecular weight excluding hydrogens is 765 g/mol. The van der Waals surface area contributed by atoms with Gasteiger partial charge < -0.3 is 9.32 Å². The largest absolute Gasteiger partial charge is 0.455 e. The van der Waals surface area contributed by atoms with Crippen molar-refractivity contribution in [2.45, 2.75) is 24.7 Å². The predicted molar refractivity (Wildman–Crippen MR) is 249 cm³/mol. The van der Waals surface area contributed by atoms with Crippen molar-refractivity contribution in [3.05, 3.63) is 245 Å². The summed E-state index contributed by atoms with van der Waals surface area (Å²) in [6, 6.07) is 67.3. The molecule has 0 fully saturated rings. The highest BCUT2D eigenvalue weighted by molar-refractivity contribution is 6.17. The topological polar surface area (TPSA) is 16.4 Å². The number of nitrogens with zero attached hydrogens (tertiary/aromatic N) is 1. The lowest BCUT2D eigenvalue weighted by atomic mass is 9.67. The molecule has 0 N–H and O–H groups in total. The first-order chi connectivity index (χ1) is 30.3. The third-order valence-corrected chi connectivity index (χ3v) is 13.5. The van der Waals surface area contributed by atoms with Crippen molar-refractivity contribution >= 4 is 39.0 Å². The molecule has 62 heavy (non-hydrogen) atoms. The van der Waals surface area contributed by atoms with E-state index in [2.05, 4.69) is 152 Å². The van der Waals surface area contributed by atoms with Crippen LogP contribution < -0.4 is 4.90 Å². The number of hydrogen-bond acceptors (Lipinski definition) is 2. The van der Waals surface area contributed by atoms with Crippen LogP contribution in [0.1, 0.15) is 47.2 Å². The summed E-state index contributed by atoms with van der Waals surface area (Å²) < 4.78 is 37.6. The molecule has 2 heterocycles. The van der Waals surface area contributed by atoms with Gasteiger partial charge in [0, 0.05) is 16.4 Å². The summed E-state index contributed by atoms with van der Waals surface area (Å²) in [5.41, 5.74) is 15.7. The van der Waals surface area contributed by atoms with E-state index < -0.39 is 5.41 Å². The maximum Gasteiger partial charge on any atom is 0.145 e. The Labute approximate surface area is 359 Å². The van der Waals surface area contributed by atoms with Crippen LogP contribution in [0.3, 0.4) is 0 Å². The van der Waals surface area contributed by atoms with Crippen LogP contribution in [0.4, 0.5) is 25.8 Å². The maximum absolute atomic E-state index is 15.3. The minimum absolute atomic E-state index is 0.262. The summed E-state index contributed by atoms with van der Waals surface area (Å²) >= 11 is 0. The average molecular weight is 804 g/mol. The lowest BCUT2D eigenvalue weighted by Crippen LogP contribution is -2.30. The van der Waals surface area contributed by atoms with E-state index in [4.69, 9.17) is 4.42 Å². The number of para-hydroxylation sites is 2. The van der Waals surface area contributed by atoms with E-state index >= 15 is 8.78 Å². The second-order valence-electron chi connectivity index (χ2n) is 17.1. The molecule has 4 heteroatoms. The van der Waals surface area contributed by atoms with Crippen LogP contribution in [0.25, 0.3) is 55.3 Å². The zero-order valence-electron chi connectivity index (χ0n) is 34.2. The standard InChI is InChI=1S/C58H39F2NO/c1-57(2)47-18-10-11-19-51(47)61(52-31-23-38(33-50(52)57)36-13-5-3-6-14-36)53-32-30-43(56-55(53)46-17-9-12-20-54(46)62-56)37-21-24-40(25-22-37)58(39-15-7-4-8-16-39)48-34-41(59)26-28-44(48)45-29-27-42(60)35-49(45)58/h3-35H,1-2H3. The molecule has 0 saturated heterocycles. The summed E-state index contributed by atoms with van der Waals surface area (Å²) in [5, 5.41) is 2.06. The molecule has 9 aromatic carbocycles. The van der Waals surface area contributed by atoms with E-state index in [1.165, 1.54) is 34.4 Å². The summed E-state index contributed by atoms with van der Waals surface area (Å²) in [7, 11) is 0. The molecule has 12 rings (SSSR count). The van der Waals surface area contributed by atoms with Gasteiger partial charge in [-0.1, -0.05) is 153 Å².